The topological polar surface area (TPSA) is 122 Å². The van der Waals surface area contributed by atoms with Crippen LogP contribution in [0.2, 0.25) is 5.02 Å². The number of hydrogen-bond acceptors (Lipinski definition) is 8. The molecule has 1 amide bonds. The lowest BCUT2D eigenvalue weighted by Gasteiger charge is -2.05. The summed E-state index contributed by atoms with van der Waals surface area (Å²) in [6.45, 7) is 2.08. The summed E-state index contributed by atoms with van der Waals surface area (Å²) in [7, 11) is 1.29. The Labute approximate surface area is 172 Å². The van der Waals surface area contributed by atoms with Crippen molar-refractivity contribution in [2.45, 2.75) is 13.5 Å². The number of ether oxygens (including phenoxy) is 1. The van der Waals surface area contributed by atoms with Crippen molar-refractivity contribution >= 4 is 46.3 Å². The third kappa shape index (κ3) is 4.08. The predicted molar refractivity (Wildman–Crippen MR) is 106 cm³/mol. The van der Waals surface area contributed by atoms with Crippen LogP contribution in [0.15, 0.2) is 17.5 Å². The highest BCUT2D eigenvalue weighted by Gasteiger charge is 2.19. The van der Waals surface area contributed by atoms with E-state index in [0.717, 1.165) is 10.6 Å². The van der Waals surface area contributed by atoms with Gasteiger partial charge < -0.3 is 20.3 Å². The molecule has 3 aromatic rings. The van der Waals surface area contributed by atoms with E-state index in [1.165, 1.54) is 41.9 Å². The molecular formula is C17H14ClN3O5S2. The number of carboxylic acid groups (broad SMARTS) is 1. The molecule has 0 radical (unpaired) electrons. The summed E-state index contributed by atoms with van der Waals surface area (Å²) in [6, 6.07) is 2.49. The number of alkyl carbamates (subject to hydrolysis) is 1. The van der Waals surface area contributed by atoms with Crippen molar-refractivity contribution in [3.63, 3.8) is 0 Å². The standard InChI is InChI=1S/C17H14ClN3O5S2/c1-7-14(28-13(20-7)5-19-17(25)26-2)11-6-27-15(21-11)8-4-12(22)9(16(23)24)3-10(8)18/h3-4,6,22H,5H2,1-2H3,(H,19,25)(H,23,24). The Hall–Kier alpha value is -2.69. The number of aromatic nitrogens is 2. The summed E-state index contributed by atoms with van der Waals surface area (Å²) in [6.07, 6.45) is -0.537. The van der Waals surface area contributed by atoms with Crippen molar-refractivity contribution in [1.82, 2.24) is 15.3 Å². The maximum atomic E-state index is 11.2. The average molecular weight is 440 g/mol. The van der Waals surface area contributed by atoms with Crippen molar-refractivity contribution in [3.05, 3.63) is 38.8 Å². The zero-order valence-corrected chi connectivity index (χ0v) is 17.0. The maximum Gasteiger partial charge on any atom is 0.407 e. The molecule has 0 spiro atoms. The van der Waals surface area contributed by atoms with Gasteiger partial charge in [0.1, 0.15) is 21.3 Å². The minimum Gasteiger partial charge on any atom is -0.507 e. The molecule has 28 heavy (non-hydrogen) atoms. The van der Waals surface area contributed by atoms with Crippen LogP contribution in [0, 0.1) is 6.92 Å². The van der Waals surface area contributed by atoms with Gasteiger partial charge in [0.05, 0.1) is 34.9 Å². The van der Waals surface area contributed by atoms with Gasteiger partial charge >= 0.3 is 12.1 Å². The number of hydrogen-bond donors (Lipinski definition) is 3. The summed E-state index contributed by atoms with van der Waals surface area (Å²) in [5.74, 6) is -1.65. The number of carbonyl (C=O) groups is 2. The molecule has 0 saturated heterocycles. The van der Waals surface area contributed by atoms with Crippen LogP contribution >= 0.6 is 34.3 Å². The van der Waals surface area contributed by atoms with Crippen molar-refractivity contribution in [1.29, 1.82) is 0 Å². The molecule has 11 heteroatoms. The Bertz CT molecular complexity index is 1060. The Morgan fingerprint density at radius 1 is 1.32 bits per heavy atom. The van der Waals surface area contributed by atoms with Crippen molar-refractivity contribution < 1.29 is 24.5 Å². The van der Waals surface area contributed by atoms with Crippen LogP contribution < -0.4 is 5.32 Å². The maximum absolute atomic E-state index is 11.2. The first kappa shape index (κ1) is 20.1. The number of methoxy groups -OCH3 is 1. The summed E-state index contributed by atoms with van der Waals surface area (Å²) >= 11 is 8.89. The average Bonchev–Trinajstić information content (AvgIpc) is 3.27. The van der Waals surface area contributed by atoms with Crippen LogP contribution in [0.4, 0.5) is 4.79 Å². The zero-order chi connectivity index (χ0) is 20.4. The Kier molecular flexibility index (Phi) is 5.82. The first-order valence-corrected chi connectivity index (χ1v) is 9.87. The number of amides is 1. The van der Waals surface area contributed by atoms with E-state index in [0.29, 0.717) is 21.3 Å². The minimum absolute atomic E-state index is 0.181. The van der Waals surface area contributed by atoms with Crippen LogP contribution in [0.5, 0.6) is 5.75 Å². The highest BCUT2D eigenvalue weighted by Crippen LogP contribution is 2.38. The summed E-state index contributed by atoms with van der Waals surface area (Å²) in [5.41, 5.74) is 1.61. The van der Waals surface area contributed by atoms with Gasteiger partial charge in [0, 0.05) is 10.9 Å². The zero-order valence-electron chi connectivity index (χ0n) is 14.6. The molecule has 2 aromatic heterocycles. The van der Waals surface area contributed by atoms with Gasteiger partial charge in [-0.25, -0.2) is 19.6 Å². The number of phenols is 1. The van der Waals surface area contributed by atoms with E-state index in [-0.39, 0.29) is 22.9 Å². The number of carboxylic acids is 1. The lowest BCUT2D eigenvalue weighted by atomic mass is 10.1. The number of nitrogens with zero attached hydrogens (tertiary/aromatic N) is 2. The van der Waals surface area contributed by atoms with Crippen LogP contribution in [-0.2, 0) is 11.3 Å². The highest BCUT2D eigenvalue weighted by molar-refractivity contribution is 7.16. The third-order valence-electron chi connectivity index (χ3n) is 3.69. The van der Waals surface area contributed by atoms with Gasteiger partial charge in [-0.05, 0) is 19.1 Å². The molecule has 0 aliphatic rings. The van der Waals surface area contributed by atoms with Gasteiger partial charge in [0.25, 0.3) is 0 Å². The molecular weight excluding hydrogens is 426 g/mol. The Balaban J connectivity index is 1.89. The van der Waals surface area contributed by atoms with E-state index >= 15 is 0 Å². The highest BCUT2D eigenvalue weighted by atomic mass is 35.5. The van der Waals surface area contributed by atoms with Crippen LogP contribution in [0.1, 0.15) is 21.1 Å². The van der Waals surface area contributed by atoms with Crippen LogP contribution in [0.3, 0.4) is 0 Å². The normalized spacial score (nSPS) is 10.7. The number of rotatable bonds is 5. The largest absolute Gasteiger partial charge is 0.507 e. The summed E-state index contributed by atoms with van der Waals surface area (Å²) in [5, 5.41) is 24.8. The number of thiazole rings is 2. The first-order valence-electron chi connectivity index (χ1n) is 7.80. The van der Waals surface area contributed by atoms with Crippen molar-refractivity contribution in [2.24, 2.45) is 0 Å². The summed E-state index contributed by atoms with van der Waals surface area (Å²) in [4.78, 5) is 32.1. The second kappa shape index (κ2) is 8.13. The number of benzene rings is 1. The lowest BCUT2D eigenvalue weighted by molar-refractivity contribution is 0.0693. The van der Waals surface area contributed by atoms with Gasteiger partial charge in [-0.2, -0.15) is 0 Å². The molecule has 0 bridgehead atoms. The molecule has 2 heterocycles. The summed E-state index contributed by atoms with van der Waals surface area (Å²) < 4.78 is 4.54. The molecule has 0 unspecified atom stereocenters. The molecule has 0 aliphatic heterocycles. The molecule has 1 aromatic carbocycles. The fourth-order valence-electron chi connectivity index (χ4n) is 2.38. The first-order chi connectivity index (χ1) is 13.3. The van der Waals surface area contributed by atoms with Crippen LogP contribution in [-0.4, -0.2) is 39.4 Å². The second-order valence-corrected chi connectivity index (χ2v) is 7.91. The van der Waals surface area contributed by atoms with E-state index in [1.807, 2.05) is 12.3 Å². The smallest absolute Gasteiger partial charge is 0.407 e. The number of aromatic carboxylic acids is 1. The monoisotopic (exact) mass is 439 g/mol. The molecule has 0 saturated carbocycles. The molecule has 146 valence electrons. The molecule has 3 rings (SSSR count). The number of carbonyl (C=O) groups excluding carboxylic acids is 1. The van der Waals surface area contributed by atoms with Crippen LogP contribution in [0.25, 0.3) is 21.1 Å². The molecule has 0 fully saturated rings. The predicted octanol–water partition coefficient (Wildman–Crippen LogP) is 4.16. The minimum atomic E-state index is -1.26. The fraction of sp³-hybridized carbons (Fsp3) is 0.176. The second-order valence-electron chi connectivity index (χ2n) is 5.56. The third-order valence-corrected chi connectivity index (χ3v) is 6.06. The van der Waals surface area contributed by atoms with Gasteiger partial charge in [-0.15, -0.1) is 22.7 Å². The molecule has 0 atom stereocenters. The molecule has 3 N–H and O–H groups in total. The van der Waals surface area contributed by atoms with Crippen molar-refractivity contribution in [2.75, 3.05) is 7.11 Å². The SMILES string of the molecule is COC(=O)NCc1nc(C)c(-c2csc(-c3cc(O)c(C(=O)O)cc3Cl)n2)s1. The Morgan fingerprint density at radius 3 is 2.75 bits per heavy atom. The van der Waals surface area contributed by atoms with Gasteiger partial charge in [0.15, 0.2) is 0 Å². The van der Waals surface area contributed by atoms with Gasteiger partial charge in [-0.1, -0.05) is 11.6 Å². The van der Waals surface area contributed by atoms with Gasteiger partial charge in [0.2, 0.25) is 0 Å². The van der Waals surface area contributed by atoms with E-state index in [9.17, 15) is 14.7 Å². The van der Waals surface area contributed by atoms with E-state index in [2.05, 4.69) is 20.0 Å². The molecule has 8 nitrogen and oxygen atoms in total. The quantitative estimate of drug-likeness (QED) is 0.545. The van der Waals surface area contributed by atoms with Gasteiger partial charge in [-0.3, -0.25) is 0 Å². The van der Waals surface area contributed by atoms with Crippen molar-refractivity contribution in [3.8, 4) is 26.9 Å². The number of aromatic hydroxyl groups is 1. The number of aryl methyl sites for hydroxylation is 1. The number of halogens is 1. The lowest BCUT2D eigenvalue weighted by Crippen LogP contribution is -2.22. The Morgan fingerprint density at radius 2 is 2.07 bits per heavy atom. The molecule has 0 aliphatic carbocycles. The number of nitrogens with one attached hydrogen (secondary N) is 1. The van der Waals surface area contributed by atoms with E-state index in [1.54, 1.807) is 0 Å². The fourth-order valence-corrected chi connectivity index (χ4v) is 4.57. The van der Waals surface area contributed by atoms with E-state index < -0.39 is 12.1 Å². The van der Waals surface area contributed by atoms with E-state index in [4.69, 9.17) is 16.7 Å².